The largest absolute Gasteiger partial charge is 0.320 e. The van der Waals surface area contributed by atoms with Gasteiger partial charge >= 0.3 is 0 Å². The van der Waals surface area contributed by atoms with Crippen LogP contribution in [0.3, 0.4) is 0 Å². The fourth-order valence-corrected chi connectivity index (χ4v) is 6.09. The first-order valence-electron chi connectivity index (χ1n) is 9.54. The van der Waals surface area contributed by atoms with Crippen molar-refractivity contribution in [2.45, 2.75) is 50.7 Å². The highest BCUT2D eigenvalue weighted by atomic mass is 19.1. The Morgan fingerprint density at radius 1 is 1.22 bits per heavy atom. The van der Waals surface area contributed by atoms with Crippen LogP contribution >= 0.6 is 0 Å². The molecule has 4 heterocycles. The van der Waals surface area contributed by atoms with E-state index in [4.69, 9.17) is 0 Å². The number of halogens is 1. The fraction of sp³-hybridized carbons (Fsp3) is 0.550. The SMILES string of the molecule is CC(C)(C)N1C(=O)[C@@H]2[C@H]3CCC[NH+]3[C@@]3(C(=O)Nc4ccc(F)cc43)[C@@H]2C1=O. The van der Waals surface area contributed by atoms with Crippen LogP contribution in [0.1, 0.15) is 39.2 Å². The van der Waals surface area contributed by atoms with Crippen LogP contribution in [0, 0.1) is 17.7 Å². The average molecular weight is 372 g/mol. The standard InChI is InChI=1S/C20H22FN3O3/c1-19(2,3)24-16(25)14-13-5-4-8-23(13)20(15(14)17(24)26)11-9-10(21)6-7-12(11)22-18(20)27/h6-7,9,13-15H,4-5,8H2,1-3H3,(H,22,27)/p+1/t13-,14-,15+,20-/m1/s1. The molecule has 1 unspecified atom stereocenters. The molecule has 3 fully saturated rings. The summed E-state index contributed by atoms with van der Waals surface area (Å²) in [7, 11) is 0. The lowest BCUT2D eigenvalue weighted by Crippen LogP contribution is -3.19. The number of fused-ring (bicyclic) bond motifs is 7. The smallest absolute Gasteiger partial charge is 0.291 e. The number of quaternary nitrogens is 1. The molecule has 7 heteroatoms. The molecule has 0 saturated carbocycles. The predicted octanol–water partition coefficient (Wildman–Crippen LogP) is 0.434. The number of carbonyl (C=O) groups excluding carboxylic acids is 3. The molecular formula is C20H23FN3O3+. The summed E-state index contributed by atoms with van der Waals surface area (Å²) in [6, 6.07) is 4.15. The zero-order valence-corrected chi connectivity index (χ0v) is 15.6. The molecule has 5 rings (SSSR count). The van der Waals surface area contributed by atoms with Gasteiger partial charge in [-0.25, -0.2) is 4.39 Å². The van der Waals surface area contributed by atoms with Crippen LogP contribution in [0.4, 0.5) is 10.1 Å². The number of nitrogens with one attached hydrogen (secondary N) is 2. The first-order valence-corrected chi connectivity index (χ1v) is 9.54. The van der Waals surface area contributed by atoms with Crippen molar-refractivity contribution in [3.05, 3.63) is 29.6 Å². The third kappa shape index (κ3) is 1.81. The van der Waals surface area contributed by atoms with E-state index >= 15 is 0 Å². The second-order valence-electron chi connectivity index (χ2n) is 9.16. The molecule has 0 bridgehead atoms. The van der Waals surface area contributed by atoms with Gasteiger partial charge in [-0.3, -0.25) is 19.3 Å². The Balaban J connectivity index is 1.77. The van der Waals surface area contributed by atoms with Crippen LogP contribution < -0.4 is 10.2 Å². The van der Waals surface area contributed by atoms with Gasteiger partial charge in [0.2, 0.25) is 17.4 Å². The highest BCUT2D eigenvalue weighted by molar-refractivity contribution is 6.14. The Labute approximate surface area is 156 Å². The number of nitrogens with zero attached hydrogens (tertiary/aromatic N) is 1. The van der Waals surface area contributed by atoms with Crippen LogP contribution in [0.5, 0.6) is 0 Å². The monoisotopic (exact) mass is 372 g/mol. The summed E-state index contributed by atoms with van der Waals surface area (Å²) in [6.07, 6.45) is 1.69. The van der Waals surface area contributed by atoms with Crippen molar-refractivity contribution in [3.63, 3.8) is 0 Å². The molecule has 6 nitrogen and oxygen atoms in total. The normalized spacial score (nSPS) is 37.0. The maximum absolute atomic E-state index is 14.1. The van der Waals surface area contributed by atoms with E-state index in [0.29, 0.717) is 17.8 Å². The summed E-state index contributed by atoms with van der Waals surface area (Å²) in [4.78, 5) is 42.4. The van der Waals surface area contributed by atoms with E-state index in [1.54, 1.807) is 6.07 Å². The lowest BCUT2D eigenvalue weighted by atomic mass is 9.75. The van der Waals surface area contributed by atoms with Crippen molar-refractivity contribution in [1.82, 2.24) is 4.90 Å². The van der Waals surface area contributed by atoms with E-state index in [1.165, 1.54) is 17.0 Å². The Bertz CT molecular complexity index is 908. The second kappa shape index (κ2) is 4.95. The van der Waals surface area contributed by atoms with Crippen LogP contribution in [0.15, 0.2) is 18.2 Å². The van der Waals surface area contributed by atoms with Gasteiger partial charge < -0.3 is 10.2 Å². The molecule has 1 spiro atoms. The van der Waals surface area contributed by atoms with Gasteiger partial charge in [0.15, 0.2) is 0 Å². The van der Waals surface area contributed by atoms with Gasteiger partial charge in [0, 0.05) is 23.9 Å². The average Bonchev–Trinajstić information content (AvgIpc) is 3.25. The topological polar surface area (TPSA) is 70.9 Å². The summed E-state index contributed by atoms with van der Waals surface area (Å²) in [5, 5.41) is 2.86. The van der Waals surface area contributed by atoms with Crippen molar-refractivity contribution >= 4 is 23.4 Å². The summed E-state index contributed by atoms with van der Waals surface area (Å²) in [5.41, 5.74) is -0.789. The van der Waals surface area contributed by atoms with E-state index < -0.39 is 28.7 Å². The van der Waals surface area contributed by atoms with Crippen molar-refractivity contribution in [2.24, 2.45) is 11.8 Å². The molecule has 4 aliphatic heterocycles. The number of amides is 3. The van der Waals surface area contributed by atoms with E-state index in [0.717, 1.165) is 17.7 Å². The number of likely N-dealkylation sites (tertiary alicyclic amines) is 1. The number of benzene rings is 1. The molecule has 0 radical (unpaired) electrons. The lowest BCUT2D eigenvalue weighted by Gasteiger charge is -2.36. The van der Waals surface area contributed by atoms with Gasteiger partial charge in [-0.2, -0.15) is 0 Å². The van der Waals surface area contributed by atoms with E-state index in [-0.39, 0.29) is 23.8 Å². The van der Waals surface area contributed by atoms with Gasteiger partial charge in [-0.15, -0.1) is 0 Å². The molecule has 1 aromatic carbocycles. The van der Waals surface area contributed by atoms with E-state index in [2.05, 4.69) is 5.32 Å². The minimum atomic E-state index is -1.21. The Morgan fingerprint density at radius 3 is 2.67 bits per heavy atom. The predicted molar refractivity (Wildman–Crippen MR) is 94.1 cm³/mol. The van der Waals surface area contributed by atoms with Crippen LogP contribution in [-0.2, 0) is 19.9 Å². The molecule has 2 N–H and O–H groups in total. The first kappa shape index (κ1) is 16.9. The van der Waals surface area contributed by atoms with Gasteiger partial charge in [0.1, 0.15) is 23.7 Å². The number of hydrogen-bond donors (Lipinski definition) is 2. The Hall–Kier alpha value is -2.28. The third-order valence-electron chi connectivity index (χ3n) is 6.85. The highest BCUT2D eigenvalue weighted by Gasteiger charge is 2.78. The quantitative estimate of drug-likeness (QED) is 0.649. The zero-order chi connectivity index (χ0) is 19.3. The van der Waals surface area contributed by atoms with Gasteiger partial charge in [-0.05, 0) is 39.0 Å². The summed E-state index contributed by atoms with van der Waals surface area (Å²) >= 11 is 0. The number of imide groups is 1. The number of carbonyl (C=O) groups is 3. The highest BCUT2D eigenvalue weighted by Crippen LogP contribution is 2.52. The molecule has 3 saturated heterocycles. The number of anilines is 1. The minimum Gasteiger partial charge on any atom is -0.320 e. The van der Waals surface area contributed by atoms with Crippen LogP contribution in [-0.4, -0.2) is 40.7 Å². The molecule has 4 aliphatic rings. The van der Waals surface area contributed by atoms with Crippen LogP contribution in [0.2, 0.25) is 0 Å². The summed E-state index contributed by atoms with van der Waals surface area (Å²) in [5.74, 6) is -2.49. The van der Waals surface area contributed by atoms with Crippen LogP contribution in [0.25, 0.3) is 0 Å². The fourth-order valence-electron chi connectivity index (χ4n) is 6.09. The zero-order valence-electron chi connectivity index (χ0n) is 15.6. The molecule has 0 aromatic heterocycles. The van der Waals surface area contributed by atoms with E-state index in [1.807, 2.05) is 20.8 Å². The van der Waals surface area contributed by atoms with Crippen molar-refractivity contribution < 1.29 is 23.7 Å². The molecule has 5 atom stereocenters. The molecule has 27 heavy (non-hydrogen) atoms. The molecule has 142 valence electrons. The maximum Gasteiger partial charge on any atom is 0.291 e. The molecular weight excluding hydrogens is 349 g/mol. The van der Waals surface area contributed by atoms with Crippen molar-refractivity contribution in [2.75, 3.05) is 11.9 Å². The van der Waals surface area contributed by atoms with Gasteiger partial charge in [0.25, 0.3) is 5.91 Å². The maximum atomic E-state index is 14.1. The van der Waals surface area contributed by atoms with Gasteiger partial charge in [-0.1, -0.05) is 0 Å². The second-order valence-corrected chi connectivity index (χ2v) is 9.16. The molecule has 0 aliphatic carbocycles. The van der Waals surface area contributed by atoms with Crippen molar-refractivity contribution in [1.29, 1.82) is 0 Å². The summed E-state index contributed by atoms with van der Waals surface area (Å²) in [6.45, 7) is 6.20. The third-order valence-corrected chi connectivity index (χ3v) is 6.85. The lowest BCUT2D eigenvalue weighted by molar-refractivity contribution is -0.948. The van der Waals surface area contributed by atoms with E-state index in [9.17, 15) is 18.8 Å². The molecule has 3 amide bonds. The number of rotatable bonds is 0. The Morgan fingerprint density at radius 2 is 1.96 bits per heavy atom. The Kier molecular flexibility index (Phi) is 3.09. The summed E-state index contributed by atoms with van der Waals surface area (Å²) < 4.78 is 14.1. The van der Waals surface area contributed by atoms with Crippen molar-refractivity contribution in [3.8, 4) is 0 Å². The number of hydrogen-bond acceptors (Lipinski definition) is 3. The first-order chi connectivity index (χ1) is 12.7. The minimum absolute atomic E-state index is 0.0845. The molecule has 1 aromatic rings. The van der Waals surface area contributed by atoms with Gasteiger partial charge in [0.05, 0.1) is 12.2 Å².